The van der Waals surface area contributed by atoms with Crippen molar-refractivity contribution in [3.05, 3.63) is 47.3 Å². The molecule has 1 N–H and O–H groups in total. The lowest BCUT2D eigenvalue weighted by molar-refractivity contribution is 0.102. The number of nitrogens with zero attached hydrogens (tertiary/aromatic N) is 2. The van der Waals surface area contributed by atoms with Gasteiger partial charge in [-0.25, -0.2) is 0 Å². The predicted molar refractivity (Wildman–Crippen MR) is 81.0 cm³/mol. The quantitative estimate of drug-likeness (QED) is 0.911. The van der Waals surface area contributed by atoms with Gasteiger partial charge in [-0.2, -0.15) is 5.10 Å². The van der Waals surface area contributed by atoms with Crippen molar-refractivity contribution >= 4 is 11.6 Å². The van der Waals surface area contributed by atoms with Crippen LogP contribution in [0.5, 0.6) is 0 Å². The van der Waals surface area contributed by atoms with Crippen molar-refractivity contribution in [1.82, 2.24) is 9.78 Å². The number of anilines is 1. The molecule has 4 heteroatoms. The van der Waals surface area contributed by atoms with Gasteiger partial charge in [0.05, 0.1) is 11.3 Å². The molecular weight excluding hydrogens is 250 g/mol. The van der Waals surface area contributed by atoms with Crippen LogP contribution in [0.15, 0.2) is 30.5 Å². The Balaban J connectivity index is 2.14. The molecule has 0 aliphatic heterocycles. The fourth-order valence-corrected chi connectivity index (χ4v) is 2.07. The van der Waals surface area contributed by atoms with E-state index in [1.807, 2.05) is 38.2 Å². The van der Waals surface area contributed by atoms with Crippen LogP contribution in [0.3, 0.4) is 0 Å². The monoisotopic (exact) mass is 271 g/mol. The topological polar surface area (TPSA) is 46.9 Å². The molecule has 2 rings (SSSR count). The van der Waals surface area contributed by atoms with E-state index in [0.29, 0.717) is 5.56 Å². The molecule has 0 atom stereocenters. The average molecular weight is 271 g/mol. The number of benzene rings is 1. The summed E-state index contributed by atoms with van der Waals surface area (Å²) in [6, 6.07) is 7.96. The highest BCUT2D eigenvalue weighted by molar-refractivity contribution is 6.04. The van der Waals surface area contributed by atoms with Crippen LogP contribution in [-0.4, -0.2) is 15.7 Å². The van der Waals surface area contributed by atoms with Crippen molar-refractivity contribution < 1.29 is 4.79 Å². The summed E-state index contributed by atoms with van der Waals surface area (Å²) in [6.45, 7) is 8.33. The van der Waals surface area contributed by atoms with Crippen LogP contribution in [0.1, 0.15) is 42.4 Å². The summed E-state index contributed by atoms with van der Waals surface area (Å²) in [7, 11) is 1.81. The molecule has 0 unspecified atom stereocenters. The molecule has 0 bridgehead atoms. The van der Waals surface area contributed by atoms with E-state index in [0.717, 1.165) is 11.4 Å². The van der Waals surface area contributed by atoms with Gasteiger partial charge in [0.2, 0.25) is 0 Å². The lowest BCUT2D eigenvalue weighted by Gasteiger charge is -2.19. The molecule has 0 spiro atoms. The highest BCUT2D eigenvalue weighted by Crippen LogP contribution is 2.23. The Kier molecular flexibility index (Phi) is 3.66. The lowest BCUT2D eigenvalue weighted by atomic mass is 9.87. The summed E-state index contributed by atoms with van der Waals surface area (Å²) in [5.74, 6) is -0.126. The Morgan fingerprint density at radius 2 is 1.80 bits per heavy atom. The maximum atomic E-state index is 12.2. The van der Waals surface area contributed by atoms with E-state index < -0.39 is 0 Å². The van der Waals surface area contributed by atoms with Gasteiger partial charge in [0.25, 0.3) is 5.91 Å². The minimum Gasteiger partial charge on any atom is -0.322 e. The zero-order valence-corrected chi connectivity index (χ0v) is 12.7. The van der Waals surface area contributed by atoms with Gasteiger partial charge in [0, 0.05) is 18.9 Å². The van der Waals surface area contributed by atoms with Crippen LogP contribution in [-0.2, 0) is 12.5 Å². The van der Waals surface area contributed by atoms with Gasteiger partial charge in [0.1, 0.15) is 0 Å². The molecule has 20 heavy (non-hydrogen) atoms. The van der Waals surface area contributed by atoms with Crippen molar-refractivity contribution in [1.29, 1.82) is 0 Å². The molecular formula is C16H21N3O. The Morgan fingerprint density at radius 3 is 2.25 bits per heavy atom. The van der Waals surface area contributed by atoms with Crippen molar-refractivity contribution in [3.8, 4) is 0 Å². The SMILES string of the molecule is Cc1nn(C)cc1C(=O)Nc1ccc(C(C)(C)C)cc1. The normalized spacial score (nSPS) is 11.4. The highest BCUT2D eigenvalue weighted by Gasteiger charge is 2.15. The van der Waals surface area contributed by atoms with E-state index in [2.05, 4.69) is 31.2 Å². The predicted octanol–water partition coefficient (Wildman–Crippen LogP) is 3.28. The van der Waals surface area contributed by atoms with E-state index in [1.165, 1.54) is 5.56 Å². The zero-order valence-electron chi connectivity index (χ0n) is 12.7. The molecule has 0 radical (unpaired) electrons. The summed E-state index contributed by atoms with van der Waals surface area (Å²) in [6.07, 6.45) is 1.73. The van der Waals surface area contributed by atoms with Crippen LogP contribution in [0, 0.1) is 6.92 Å². The van der Waals surface area contributed by atoms with E-state index in [1.54, 1.807) is 10.9 Å². The maximum absolute atomic E-state index is 12.2. The Bertz CT molecular complexity index is 618. The smallest absolute Gasteiger partial charge is 0.259 e. The lowest BCUT2D eigenvalue weighted by Crippen LogP contribution is -2.14. The third-order valence-electron chi connectivity index (χ3n) is 3.27. The van der Waals surface area contributed by atoms with Gasteiger partial charge in [-0.15, -0.1) is 0 Å². The average Bonchev–Trinajstić information content (AvgIpc) is 2.68. The molecule has 0 saturated heterocycles. The Morgan fingerprint density at radius 1 is 1.20 bits per heavy atom. The van der Waals surface area contributed by atoms with E-state index in [-0.39, 0.29) is 11.3 Å². The number of carbonyl (C=O) groups excluding carboxylic acids is 1. The molecule has 0 aliphatic carbocycles. The van der Waals surface area contributed by atoms with Crippen LogP contribution in [0.2, 0.25) is 0 Å². The first-order chi connectivity index (χ1) is 9.27. The Hall–Kier alpha value is -2.10. The minimum absolute atomic E-state index is 0.114. The van der Waals surface area contributed by atoms with Crippen LogP contribution < -0.4 is 5.32 Å². The first kappa shape index (κ1) is 14.3. The number of hydrogen-bond donors (Lipinski definition) is 1. The molecule has 1 heterocycles. The molecule has 0 fully saturated rings. The standard InChI is InChI=1S/C16H21N3O/c1-11-14(10-19(5)18-11)15(20)17-13-8-6-12(7-9-13)16(2,3)4/h6-10H,1-5H3,(H,17,20). The van der Waals surface area contributed by atoms with Crippen LogP contribution >= 0.6 is 0 Å². The van der Waals surface area contributed by atoms with Crippen molar-refractivity contribution in [2.75, 3.05) is 5.32 Å². The van der Waals surface area contributed by atoms with Crippen LogP contribution in [0.25, 0.3) is 0 Å². The van der Waals surface area contributed by atoms with Gasteiger partial charge in [0.15, 0.2) is 0 Å². The second-order valence-corrected chi connectivity index (χ2v) is 6.08. The largest absolute Gasteiger partial charge is 0.322 e. The molecule has 1 aromatic carbocycles. The van der Waals surface area contributed by atoms with E-state index >= 15 is 0 Å². The number of rotatable bonds is 2. The number of carbonyl (C=O) groups is 1. The Labute approximate surface area is 119 Å². The summed E-state index contributed by atoms with van der Waals surface area (Å²) in [4.78, 5) is 12.2. The highest BCUT2D eigenvalue weighted by atomic mass is 16.1. The molecule has 2 aromatic rings. The second kappa shape index (κ2) is 5.12. The van der Waals surface area contributed by atoms with Crippen molar-refractivity contribution in [2.24, 2.45) is 7.05 Å². The number of amides is 1. The molecule has 0 saturated carbocycles. The summed E-state index contributed by atoms with van der Waals surface area (Å²) < 4.78 is 1.65. The van der Waals surface area contributed by atoms with Gasteiger partial charge < -0.3 is 5.32 Å². The zero-order chi connectivity index (χ0) is 14.9. The van der Waals surface area contributed by atoms with Gasteiger partial charge in [-0.3, -0.25) is 9.48 Å². The van der Waals surface area contributed by atoms with Crippen LogP contribution in [0.4, 0.5) is 5.69 Å². The summed E-state index contributed by atoms with van der Waals surface area (Å²) in [5, 5.41) is 7.07. The van der Waals surface area contributed by atoms with E-state index in [4.69, 9.17) is 0 Å². The third kappa shape index (κ3) is 3.07. The van der Waals surface area contributed by atoms with E-state index in [9.17, 15) is 4.79 Å². The van der Waals surface area contributed by atoms with Crippen molar-refractivity contribution in [2.45, 2.75) is 33.1 Å². The number of nitrogens with one attached hydrogen (secondary N) is 1. The van der Waals surface area contributed by atoms with Gasteiger partial charge >= 0.3 is 0 Å². The number of aromatic nitrogens is 2. The van der Waals surface area contributed by atoms with Gasteiger partial charge in [-0.1, -0.05) is 32.9 Å². The van der Waals surface area contributed by atoms with Crippen molar-refractivity contribution in [3.63, 3.8) is 0 Å². The molecule has 1 amide bonds. The molecule has 0 aliphatic rings. The fourth-order valence-electron chi connectivity index (χ4n) is 2.07. The summed E-state index contributed by atoms with van der Waals surface area (Å²) in [5.41, 5.74) is 3.49. The second-order valence-electron chi connectivity index (χ2n) is 6.08. The number of aryl methyl sites for hydroxylation is 2. The maximum Gasteiger partial charge on any atom is 0.259 e. The minimum atomic E-state index is -0.126. The first-order valence-electron chi connectivity index (χ1n) is 6.69. The molecule has 1 aromatic heterocycles. The summed E-state index contributed by atoms with van der Waals surface area (Å²) >= 11 is 0. The number of hydrogen-bond acceptors (Lipinski definition) is 2. The third-order valence-corrected chi connectivity index (χ3v) is 3.27. The molecule has 106 valence electrons. The van der Waals surface area contributed by atoms with Gasteiger partial charge in [-0.05, 0) is 30.0 Å². The first-order valence-corrected chi connectivity index (χ1v) is 6.69. The fraction of sp³-hybridized carbons (Fsp3) is 0.375. The molecule has 4 nitrogen and oxygen atoms in total.